The molecule has 4 rings (SSSR count). The molecule has 10 radical (unpaired) electrons. The van der Waals surface area contributed by atoms with Crippen LogP contribution in [0.4, 0.5) is 5.95 Å². The van der Waals surface area contributed by atoms with E-state index in [2.05, 4.69) is 9.97 Å². The summed E-state index contributed by atoms with van der Waals surface area (Å²) in [6.07, 6.45) is 18.0. The summed E-state index contributed by atoms with van der Waals surface area (Å²) in [6, 6.07) is 11.9. The minimum Gasteiger partial charge on any atom is -0.368 e. The van der Waals surface area contributed by atoms with Crippen LogP contribution < -0.4 is 5.73 Å². The summed E-state index contributed by atoms with van der Waals surface area (Å²) >= 11 is 0. The van der Waals surface area contributed by atoms with Crippen molar-refractivity contribution < 1.29 is 17.1 Å². The number of nitrogens with two attached hydrogens (primary N) is 1. The summed E-state index contributed by atoms with van der Waals surface area (Å²) in [4.78, 5) is 8.55. The Bertz CT molecular complexity index is 598. The third-order valence-electron chi connectivity index (χ3n) is 3.33. The maximum absolute atomic E-state index is 5.78. The largest absolute Gasteiger partial charge is 2.00 e. The molecule has 0 amide bonds. The van der Waals surface area contributed by atoms with Crippen LogP contribution in [0.5, 0.6) is 0 Å². The number of benzene rings is 1. The second-order valence-electron chi connectivity index (χ2n) is 5.00. The molecule has 3 nitrogen and oxygen atoms in total. The van der Waals surface area contributed by atoms with E-state index >= 15 is 0 Å². The smallest absolute Gasteiger partial charge is 0.368 e. The Balaban J connectivity index is 0.000000300. The molecule has 0 aliphatic heterocycles. The van der Waals surface area contributed by atoms with Gasteiger partial charge >= 0.3 is 17.1 Å². The van der Waals surface area contributed by atoms with Crippen molar-refractivity contribution in [2.45, 2.75) is 0 Å². The first-order chi connectivity index (χ1) is 11.3. The Morgan fingerprint density at radius 1 is 0.667 bits per heavy atom. The average molecular weight is 355 g/mol. The molecule has 0 unspecified atom stereocenters. The zero-order valence-corrected chi connectivity index (χ0v) is 14.1. The zero-order valence-electron chi connectivity index (χ0n) is 13.0. The third kappa shape index (κ3) is 5.32. The van der Waals surface area contributed by atoms with E-state index in [9.17, 15) is 0 Å². The number of nitrogens with zero attached hydrogens (tertiary/aromatic N) is 2. The van der Waals surface area contributed by atoms with Gasteiger partial charge in [0, 0.05) is 11.5 Å². The molecule has 1 aromatic heterocycles. The van der Waals surface area contributed by atoms with Gasteiger partial charge in [-0.3, -0.25) is 0 Å². The van der Waals surface area contributed by atoms with Crippen LogP contribution in [0.3, 0.4) is 0 Å². The first-order valence-electron chi connectivity index (χ1n) is 7.42. The van der Waals surface area contributed by atoms with Gasteiger partial charge in [-0.2, -0.15) is 0 Å². The molecule has 2 aliphatic carbocycles. The van der Waals surface area contributed by atoms with Crippen LogP contribution in [0.1, 0.15) is 5.69 Å². The normalized spacial score (nSPS) is 17.0. The van der Waals surface area contributed by atoms with Crippen molar-refractivity contribution in [3.05, 3.63) is 106 Å². The van der Waals surface area contributed by atoms with Crippen LogP contribution in [0.25, 0.3) is 11.3 Å². The number of aromatic nitrogens is 2. The van der Waals surface area contributed by atoms with Crippen molar-refractivity contribution in [2.24, 2.45) is 0 Å². The molecular formula is C20H17FeN3+2. The topological polar surface area (TPSA) is 51.8 Å². The Morgan fingerprint density at radius 2 is 1.21 bits per heavy atom. The fraction of sp³-hybridized carbons (Fsp3) is 0. The molecule has 2 saturated carbocycles. The van der Waals surface area contributed by atoms with Crippen molar-refractivity contribution in [3.63, 3.8) is 0 Å². The van der Waals surface area contributed by atoms with Gasteiger partial charge in [0.25, 0.3) is 0 Å². The molecule has 0 bridgehead atoms. The minimum atomic E-state index is 0. The van der Waals surface area contributed by atoms with Crippen LogP contribution in [-0.2, 0) is 17.1 Å². The molecule has 2 aromatic rings. The van der Waals surface area contributed by atoms with E-state index in [1.807, 2.05) is 94.2 Å². The van der Waals surface area contributed by atoms with Crippen LogP contribution >= 0.6 is 0 Å². The summed E-state index contributed by atoms with van der Waals surface area (Å²) in [5, 5.41) is 0. The van der Waals surface area contributed by atoms with Gasteiger partial charge in [-0.15, -0.1) is 0 Å². The molecule has 24 heavy (non-hydrogen) atoms. The molecule has 2 aliphatic rings. The van der Waals surface area contributed by atoms with Gasteiger partial charge < -0.3 is 5.73 Å². The molecule has 4 heteroatoms. The maximum atomic E-state index is 5.78. The second kappa shape index (κ2) is 9.80. The maximum Gasteiger partial charge on any atom is 2.00 e. The summed E-state index contributed by atoms with van der Waals surface area (Å²) < 4.78 is 0. The van der Waals surface area contributed by atoms with Gasteiger partial charge in [-0.25, -0.2) is 9.97 Å². The third-order valence-corrected chi connectivity index (χ3v) is 3.33. The van der Waals surface area contributed by atoms with E-state index in [-0.39, 0.29) is 17.1 Å². The van der Waals surface area contributed by atoms with Gasteiger partial charge in [-0.05, 0) is 63.9 Å². The summed E-state index contributed by atoms with van der Waals surface area (Å²) in [6.45, 7) is 0. The van der Waals surface area contributed by atoms with Crippen molar-refractivity contribution in [2.75, 3.05) is 5.73 Å². The van der Waals surface area contributed by atoms with Gasteiger partial charge in [0.2, 0.25) is 5.95 Å². The summed E-state index contributed by atoms with van der Waals surface area (Å²) in [7, 11) is 0. The predicted molar refractivity (Wildman–Crippen MR) is 92.9 cm³/mol. The first-order valence-corrected chi connectivity index (χ1v) is 7.42. The van der Waals surface area contributed by atoms with E-state index in [1.54, 1.807) is 0 Å². The van der Waals surface area contributed by atoms with Gasteiger partial charge in [-0.1, -0.05) is 30.3 Å². The van der Waals surface area contributed by atoms with Crippen LogP contribution in [0, 0.1) is 63.7 Å². The fourth-order valence-corrected chi connectivity index (χ4v) is 2.24. The van der Waals surface area contributed by atoms with E-state index in [0.717, 1.165) is 22.9 Å². The molecule has 2 fully saturated rings. The van der Waals surface area contributed by atoms with E-state index < -0.39 is 0 Å². The molecule has 2 N–H and O–H groups in total. The van der Waals surface area contributed by atoms with Crippen LogP contribution in [0.2, 0.25) is 0 Å². The Hall–Kier alpha value is -1.38. The van der Waals surface area contributed by atoms with Crippen LogP contribution in [0.15, 0.2) is 36.4 Å². The standard InChI is InChI=1S/C15H12N3.C5H5.Fe/c16-15-17-13(11-6-2-1-3-7-11)10-14(18-15)12-8-4-5-9-12;1-2-4-5-3-1;/h1-10H,(H2,16,17,18);1-5H;/q;;+2. The molecule has 1 aromatic carbocycles. The molecule has 0 atom stereocenters. The van der Waals surface area contributed by atoms with Gasteiger partial charge in [0.1, 0.15) is 0 Å². The number of rotatable bonds is 2. The Kier molecular flexibility index (Phi) is 7.74. The average Bonchev–Trinajstić information content (AvgIpc) is 3.31. The molecule has 1 heterocycles. The fourth-order valence-electron chi connectivity index (χ4n) is 2.24. The molecule has 118 valence electrons. The number of hydrogen-bond donors (Lipinski definition) is 1. The minimum absolute atomic E-state index is 0. The SMILES string of the molecule is Nc1nc([C]2[CH][CH][CH][CH]2)cc(-c2ccccc2)n1.[CH]1[CH][CH][CH][CH]1.[Fe+2]. The van der Waals surface area contributed by atoms with E-state index in [0.29, 0.717) is 5.95 Å². The van der Waals surface area contributed by atoms with Gasteiger partial charge in [0.15, 0.2) is 0 Å². The van der Waals surface area contributed by atoms with Crippen molar-refractivity contribution in [1.82, 2.24) is 9.97 Å². The van der Waals surface area contributed by atoms with Crippen LogP contribution in [-0.4, -0.2) is 9.97 Å². The Labute approximate surface area is 156 Å². The van der Waals surface area contributed by atoms with Crippen molar-refractivity contribution in [1.29, 1.82) is 0 Å². The molecule has 0 saturated heterocycles. The Morgan fingerprint density at radius 3 is 1.79 bits per heavy atom. The van der Waals surface area contributed by atoms with Gasteiger partial charge in [0.05, 0.1) is 11.4 Å². The number of hydrogen-bond acceptors (Lipinski definition) is 3. The number of anilines is 1. The first kappa shape index (κ1) is 19.0. The van der Waals surface area contributed by atoms with E-state index in [1.165, 1.54) is 0 Å². The quantitative estimate of drug-likeness (QED) is 0.839. The second-order valence-corrected chi connectivity index (χ2v) is 5.00. The summed E-state index contributed by atoms with van der Waals surface area (Å²) in [5.41, 5.74) is 8.52. The zero-order chi connectivity index (χ0) is 15.9. The van der Waals surface area contributed by atoms with Crippen molar-refractivity contribution in [3.8, 4) is 11.3 Å². The van der Waals surface area contributed by atoms with Crippen molar-refractivity contribution >= 4 is 5.95 Å². The molecule has 0 spiro atoms. The van der Waals surface area contributed by atoms with E-state index in [4.69, 9.17) is 5.73 Å². The predicted octanol–water partition coefficient (Wildman–Crippen LogP) is 3.50. The summed E-state index contributed by atoms with van der Waals surface area (Å²) in [5.74, 6) is 1.36. The number of nitrogen functional groups attached to an aromatic ring is 1. The molecular weight excluding hydrogens is 338 g/mol. The monoisotopic (exact) mass is 355 g/mol.